The first-order chi connectivity index (χ1) is 7.92. The van der Waals surface area contributed by atoms with Crippen molar-refractivity contribution < 1.29 is 9.50 Å². The lowest BCUT2D eigenvalue weighted by atomic mass is 9.81. The average molecular weight is 258 g/mol. The van der Waals surface area contributed by atoms with Gasteiger partial charge >= 0.3 is 0 Å². The van der Waals surface area contributed by atoms with E-state index in [2.05, 4.69) is 11.8 Å². The summed E-state index contributed by atoms with van der Waals surface area (Å²) in [4.78, 5) is 2.18. The van der Waals surface area contributed by atoms with Crippen LogP contribution in [0.25, 0.3) is 0 Å². The Balaban J connectivity index is 2.35. The molecule has 1 fully saturated rings. The second-order valence-corrected chi connectivity index (χ2v) is 5.35. The van der Waals surface area contributed by atoms with Gasteiger partial charge in [-0.05, 0) is 45.0 Å². The van der Waals surface area contributed by atoms with E-state index in [-0.39, 0.29) is 11.9 Å². The summed E-state index contributed by atoms with van der Waals surface area (Å²) in [6.45, 7) is 2.84. The third kappa shape index (κ3) is 2.46. The minimum absolute atomic E-state index is 0.257. The molecule has 2 unspecified atom stereocenters. The van der Waals surface area contributed by atoms with Crippen LogP contribution in [0.4, 0.5) is 4.39 Å². The average Bonchev–Trinajstić information content (AvgIpc) is 2.27. The third-order valence-electron chi connectivity index (χ3n) is 3.69. The van der Waals surface area contributed by atoms with E-state index in [0.29, 0.717) is 23.4 Å². The summed E-state index contributed by atoms with van der Waals surface area (Å²) in [7, 11) is 2.03. The first kappa shape index (κ1) is 12.8. The molecule has 0 saturated carbocycles. The molecular formula is C13H17ClFNO. The molecule has 1 aliphatic rings. The van der Waals surface area contributed by atoms with Crippen LogP contribution in [0.2, 0.25) is 5.02 Å². The van der Waals surface area contributed by atoms with Gasteiger partial charge < -0.3 is 10.0 Å². The lowest BCUT2D eigenvalue weighted by Gasteiger charge is -2.41. The van der Waals surface area contributed by atoms with E-state index in [9.17, 15) is 9.50 Å². The fraction of sp³-hybridized carbons (Fsp3) is 0.538. The fourth-order valence-corrected chi connectivity index (χ4v) is 2.72. The van der Waals surface area contributed by atoms with Gasteiger partial charge in [0, 0.05) is 23.2 Å². The Labute approximate surface area is 106 Å². The van der Waals surface area contributed by atoms with Crippen molar-refractivity contribution in [3.63, 3.8) is 0 Å². The molecule has 2 nitrogen and oxygen atoms in total. The summed E-state index contributed by atoms with van der Waals surface area (Å²) in [5.74, 6) is -0.357. The van der Waals surface area contributed by atoms with E-state index < -0.39 is 5.60 Å². The highest BCUT2D eigenvalue weighted by Gasteiger charge is 2.38. The highest BCUT2D eigenvalue weighted by atomic mass is 35.5. The van der Waals surface area contributed by atoms with E-state index in [1.165, 1.54) is 18.2 Å². The molecule has 4 heteroatoms. The van der Waals surface area contributed by atoms with Gasteiger partial charge in [0.15, 0.2) is 0 Å². The van der Waals surface area contributed by atoms with Crippen LogP contribution in [0.1, 0.15) is 25.3 Å². The molecule has 0 spiro atoms. The maximum atomic E-state index is 13.3. The van der Waals surface area contributed by atoms with Crippen LogP contribution >= 0.6 is 11.6 Å². The lowest BCUT2D eigenvalue weighted by Crippen LogP contribution is -2.46. The molecule has 1 N–H and O–H groups in total. The van der Waals surface area contributed by atoms with Gasteiger partial charge in [0.25, 0.3) is 0 Å². The number of aliphatic hydroxyl groups is 1. The SMILES string of the molecule is CC1CC(O)(c2cc(F)ccc2Cl)CCN1C. The Hall–Kier alpha value is -0.640. The molecule has 1 heterocycles. The summed E-state index contributed by atoms with van der Waals surface area (Å²) in [6, 6.07) is 4.43. The van der Waals surface area contributed by atoms with Crippen LogP contribution < -0.4 is 0 Å². The Morgan fingerprint density at radius 3 is 2.88 bits per heavy atom. The first-order valence-electron chi connectivity index (χ1n) is 5.80. The molecule has 17 heavy (non-hydrogen) atoms. The zero-order valence-corrected chi connectivity index (χ0v) is 10.8. The number of hydrogen-bond donors (Lipinski definition) is 1. The highest BCUT2D eigenvalue weighted by Crippen LogP contribution is 2.38. The Bertz CT molecular complexity index is 426. The van der Waals surface area contributed by atoms with Crippen LogP contribution in [-0.4, -0.2) is 29.6 Å². The number of nitrogens with zero attached hydrogens (tertiary/aromatic N) is 1. The molecule has 1 aromatic rings. The molecule has 1 aliphatic heterocycles. The predicted molar refractivity (Wildman–Crippen MR) is 66.6 cm³/mol. The Kier molecular flexibility index (Phi) is 3.43. The largest absolute Gasteiger partial charge is 0.385 e. The van der Waals surface area contributed by atoms with Crippen LogP contribution in [0.3, 0.4) is 0 Å². The number of piperidine rings is 1. The quantitative estimate of drug-likeness (QED) is 0.836. The van der Waals surface area contributed by atoms with Gasteiger partial charge in [-0.1, -0.05) is 11.6 Å². The monoisotopic (exact) mass is 257 g/mol. The van der Waals surface area contributed by atoms with E-state index >= 15 is 0 Å². The second kappa shape index (κ2) is 4.56. The molecule has 0 aliphatic carbocycles. The molecule has 0 radical (unpaired) electrons. The molecule has 2 rings (SSSR count). The minimum atomic E-state index is -1.01. The maximum Gasteiger partial charge on any atom is 0.123 e. The van der Waals surface area contributed by atoms with Crippen molar-refractivity contribution in [1.29, 1.82) is 0 Å². The predicted octanol–water partition coefficient (Wildman–Crippen LogP) is 2.78. The van der Waals surface area contributed by atoms with Gasteiger partial charge in [-0.25, -0.2) is 4.39 Å². The third-order valence-corrected chi connectivity index (χ3v) is 4.02. The van der Waals surface area contributed by atoms with Gasteiger partial charge in [0.1, 0.15) is 5.82 Å². The number of likely N-dealkylation sites (tertiary alicyclic amines) is 1. The van der Waals surface area contributed by atoms with Gasteiger partial charge in [0.2, 0.25) is 0 Å². The van der Waals surface area contributed by atoms with E-state index in [4.69, 9.17) is 11.6 Å². The standard InChI is InChI=1S/C13H17ClFNO/c1-9-8-13(17,5-6-16(9)2)11-7-10(15)3-4-12(11)14/h3-4,7,9,17H,5-6,8H2,1-2H3. The second-order valence-electron chi connectivity index (χ2n) is 4.94. The molecule has 1 aromatic carbocycles. The lowest BCUT2D eigenvalue weighted by molar-refractivity contribution is -0.0409. The van der Waals surface area contributed by atoms with Crippen LogP contribution in [0.15, 0.2) is 18.2 Å². The van der Waals surface area contributed by atoms with E-state index in [1.807, 2.05) is 7.05 Å². The van der Waals surface area contributed by atoms with E-state index in [0.717, 1.165) is 6.54 Å². The first-order valence-corrected chi connectivity index (χ1v) is 6.18. The van der Waals surface area contributed by atoms with Crippen molar-refractivity contribution in [2.75, 3.05) is 13.6 Å². The number of benzene rings is 1. The summed E-state index contributed by atoms with van der Waals surface area (Å²) in [6.07, 6.45) is 1.16. The van der Waals surface area contributed by atoms with Gasteiger partial charge in [0.05, 0.1) is 5.60 Å². The van der Waals surface area contributed by atoms with Crippen LogP contribution in [0.5, 0.6) is 0 Å². The topological polar surface area (TPSA) is 23.5 Å². The smallest absolute Gasteiger partial charge is 0.123 e. The number of hydrogen-bond acceptors (Lipinski definition) is 2. The van der Waals surface area contributed by atoms with Crippen molar-refractivity contribution in [3.8, 4) is 0 Å². The van der Waals surface area contributed by atoms with Gasteiger partial charge in [-0.2, -0.15) is 0 Å². The molecule has 2 atom stereocenters. The number of halogens is 2. The molecule has 1 saturated heterocycles. The summed E-state index contributed by atoms with van der Waals surface area (Å²) in [5, 5.41) is 11.1. The van der Waals surface area contributed by atoms with Crippen LogP contribution in [-0.2, 0) is 5.60 Å². The van der Waals surface area contributed by atoms with Crippen LogP contribution in [0, 0.1) is 5.82 Å². The van der Waals surface area contributed by atoms with Crippen molar-refractivity contribution in [2.45, 2.75) is 31.4 Å². The fourth-order valence-electron chi connectivity index (χ4n) is 2.43. The maximum absolute atomic E-state index is 13.3. The van der Waals surface area contributed by atoms with Gasteiger partial charge in [-0.15, -0.1) is 0 Å². The van der Waals surface area contributed by atoms with Crippen molar-refractivity contribution in [3.05, 3.63) is 34.6 Å². The minimum Gasteiger partial charge on any atom is -0.385 e. The highest BCUT2D eigenvalue weighted by molar-refractivity contribution is 6.31. The summed E-state index contributed by atoms with van der Waals surface area (Å²) >= 11 is 6.06. The Morgan fingerprint density at radius 1 is 1.53 bits per heavy atom. The zero-order valence-electron chi connectivity index (χ0n) is 10.1. The molecule has 0 aromatic heterocycles. The summed E-state index contributed by atoms with van der Waals surface area (Å²) < 4.78 is 13.3. The van der Waals surface area contributed by atoms with Crippen molar-refractivity contribution in [2.24, 2.45) is 0 Å². The number of rotatable bonds is 1. The molecule has 0 bridgehead atoms. The summed E-state index contributed by atoms with van der Waals surface area (Å²) in [5.41, 5.74) is -0.496. The molecule has 0 amide bonds. The van der Waals surface area contributed by atoms with Gasteiger partial charge in [-0.3, -0.25) is 0 Å². The van der Waals surface area contributed by atoms with E-state index in [1.54, 1.807) is 0 Å². The normalized spacial score (nSPS) is 30.5. The van der Waals surface area contributed by atoms with Crippen molar-refractivity contribution >= 4 is 11.6 Å². The molecular weight excluding hydrogens is 241 g/mol. The zero-order chi connectivity index (χ0) is 12.6. The Morgan fingerprint density at radius 2 is 2.24 bits per heavy atom. The van der Waals surface area contributed by atoms with Crippen molar-refractivity contribution in [1.82, 2.24) is 4.90 Å². The molecule has 94 valence electrons.